The predicted octanol–water partition coefficient (Wildman–Crippen LogP) is 5.67. The molecule has 0 saturated heterocycles. The Bertz CT molecular complexity index is 1060. The molecule has 1 N–H and O–H groups in total. The molecule has 1 atom stereocenters. The van der Waals surface area contributed by atoms with Crippen LogP contribution in [0, 0.1) is 0 Å². The molecule has 0 aromatic heterocycles. The van der Waals surface area contributed by atoms with Gasteiger partial charge in [-0.3, -0.25) is 9.59 Å². The maximum atomic E-state index is 13.4. The Hall–Kier alpha value is -3.02. The van der Waals surface area contributed by atoms with Gasteiger partial charge >= 0.3 is 0 Å². The lowest BCUT2D eigenvalue weighted by molar-refractivity contribution is -0.143. The molecule has 0 aliphatic rings. The Labute approximate surface area is 204 Å². The number of halogens is 2. The normalized spacial score (nSPS) is 11.5. The number of nitrogens with one attached hydrogen (secondary N) is 1. The smallest absolute Gasteiger partial charge is 0.261 e. The van der Waals surface area contributed by atoms with Gasteiger partial charge in [-0.15, -0.1) is 0 Å². The second-order valence-corrected chi connectivity index (χ2v) is 8.32. The number of nitrogens with zero attached hydrogens (tertiary/aromatic N) is 1. The van der Waals surface area contributed by atoms with Crippen molar-refractivity contribution in [3.63, 3.8) is 0 Å². The summed E-state index contributed by atoms with van der Waals surface area (Å²) in [6, 6.07) is 22.6. The highest BCUT2D eigenvalue weighted by atomic mass is 35.5. The first-order chi connectivity index (χ1) is 16.0. The van der Waals surface area contributed by atoms with Crippen LogP contribution >= 0.6 is 23.2 Å². The molecule has 0 fully saturated rings. The van der Waals surface area contributed by atoms with Crippen molar-refractivity contribution >= 4 is 35.0 Å². The van der Waals surface area contributed by atoms with Crippen LogP contribution in [0.2, 0.25) is 10.0 Å². The number of carbonyl (C=O) groups excluding carboxylic acids is 2. The zero-order valence-corrected chi connectivity index (χ0v) is 19.9. The lowest BCUT2D eigenvalue weighted by Crippen LogP contribution is -2.45. The van der Waals surface area contributed by atoms with Crippen molar-refractivity contribution in [1.82, 2.24) is 10.2 Å². The Morgan fingerprint density at radius 2 is 1.61 bits per heavy atom. The summed E-state index contributed by atoms with van der Waals surface area (Å²) in [5.74, 6) is -0.181. The third-order valence-electron chi connectivity index (χ3n) is 5.00. The largest absolute Gasteiger partial charge is 0.482 e. The average molecular weight is 485 g/mol. The van der Waals surface area contributed by atoms with Crippen molar-refractivity contribution < 1.29 is 14.3 Å². The van der Waals surface area contributed by atoms with Gasteiger partial charge in [0.25, 0.3) is 5.91 Å². The van der Waals surface area contributed by atoms with Gasteiger partial charge in [-0.25, -0.2) is 0 Å². The average Bonchev–Trinajstić information content (AvgIpc) is 2.83. The van der Waals surface area contributed by atoms with Crippen LogP contribution in [0.25, 0.3) is 0 Å². The molecule has 33 heavy (non-hydrogen) atoms. The molecule has 0 aliphatic carbocycles. The van der Waals surface area contributed by atoms with Gasteiger partial charge in [-0.2, -0.15) is 0 Å². The van der Waals surface area contributed by atoms with E-state index < -0.39 is 6.04 Å². The van der Waals surface area contributed by atoms with Gasteiger partial charge in [0.05, 0.1) is 5.02 Å². The summed E-state index contributed by atoms with van der Waals surface area (Å²) in [5.41, 5.74) is 1.56. The van der Waals surface area contributed by atoms with Crippen LogP contribution in [0.4, 0.5) is 0 Å². The van der Waals surface area contributed by atoms with Crippen molar-refractivity contribution in [3.8, 4) is 5.75 Å². The molecular formula is C26H26Cl2N2O3. The fourth-order valence-corrected chi connectivity index (χ4v) is 3.66. The van der Waals surface area contributed by atoms with Crippen molar-refractivity contribution in [1.29, 1.82) is 0 Å². The molecule has 2 amide bonds. The SMILES string of the molecule is CCCNC(=O)C(c1ccccc1)N(Cc1ccc(Cl)cc1)C(=O)COc1ccccc1Cl. The van der Waals surface area contributed by atoms with E-state index in [0.717, 1.165) is 12.0 Å². The summed E-state index contributed by atoms with van der Waals surface area (Å²) in [5, 5.41) is 3.94. The van der Waals surface area contributed by atoms with Gasteiger partial charge < -0.3 is 15.0 Å². The molecule has 3 aromatic rings. The summed E-state index contributed by atoms with van der Waals surface area (Å²) < 4.78 is 5.71. The number of ether oxygens (including phenoxy) is 1. The minimum atomic E-state index is -0.823. The summed E-state index contributed by atoms with van der Waals surface area (Å²) in [7, 11) is 0. The van der Waals surface area contributed by atoms with Crippen LogP contribution in [-0.4, -0.2) is 29.9 Å². The molecule has 0 saturated carbocycles. The monoisotopic (exact) mass is 484 g/mol. The molecule has 5 nitrogen and oxygen atoms in total. The number of carbonyl (C=O) groups is 2. The van der Waals surface area contributed by atoms with Gasteiger partial charge in [-0.05, 0) is 41.8 Å². The van der Waals surface area contributed by atoms with E-state index in [0.29, 0.717) is 27.9 Å². The maximum Gasteiger partial charge on any atom is 0.261 e. The number of hydrogen-bond donors (Lipinski definition) is 1. The molecule has 0 bridgehead atoms. The van der Waals surface area contributed by atoms with Crippen LogP contribution in [0.5, 0.6) is 5.75 Å². The van der Waals surface area contributed by atoms with Crippen molar-refractivity contribution in [2.24, 2.45) is 0 Å². The van der Waals surface area contributed by atoms with Crippen LogP contribution in [0.1, 0.15) is 30.5 Å². The van der Waals surface area contributed by atoms with E-state index in [1.165, 1.54) is 4.90 Å². The van der Waals surface area contributed by atoms with Crippen LogP contribution < -0.4 is 10.1 Å². The molecule has 7 heteroatoms. The number of amides is 2. The van der Waals surface area contributed by atoms with Gasteiger partial charge in [0, 0.05) is 18.1 Å². The molecule has 0 aliphatic heterocycles. The summed E-state index contributed by atoms with van der Waals surface area (Å²) >= 11 is 12.2. The summed E-state index contributed by atoms with van der Waals surface area (Å²) in [4.78, 5) is 28.2. The summed E-state index contributed by atoms with van der Waals surface area (Å²) in [6.07, 6.45) is 0.786. The molecule has 0 radical (unpaired) electrons. The number of para-hydroxylation sites is 1. The first-order valence-corrected chi connectivity index (χ1v) is 11.5. The fourth-order valence-electron chi connectivity index (χ4n) is 3.35. The van der Waals surface area contributed by atoms with Gasteiger partial charge in [0.15, 0.2) is 6.61 Å². The third-order valence-corrected chi connectivity index (χ3v) is 5.56. The molecule has 172 valence electrons. The van der Waals surface area contributed by atoms with Gasteiger partial charge in [-0.1, -0.05) is 84.7 Å². The lowest BCUT2D eigenvalue weighted by Gasteiger charge is -2.31. The quantitative estimate of drug-likeness (QED) is 0.403. The predicted molar refractivity (Wildman–Crippen MR) is 131 cm³/mol. The Morgan fingerprint density at radius 3 is 2.27 bits per heavy atom. The van der Waals surface area contributed by atoms with Crippen LogP contribution in [0.15, 0.2) is 78.9 Å². The van der Waals surface area contributed by atoms with E-state index in [-0.39, 0.29) is 25.0 Å². The van der Waals surface area contributed by atoms with Crippen molar-refractivity contribution in [2.45, 2.75) is 25.9 Å². The first-order valence-electron chi connectivity index (χ1n) is 10.7. The molecule has 3 rings (SSSR count). The molecule has 0 heterocycles. The highest BCUT2D eigenvalue weighted by molar-refractivity contribution is 6.32. The molecule has 3 aromatic carbocycles. The van der Waals surface area contributed by atoms with E-state index >= 15 is 0 Å². The Balaban J connectivity index is 1.93. The topological polar surface area (TPSA) is 58.6 Å². The Kier molecular flexibility index (Phi) is 9.16. The van der Waals surface area contributed by atoms with Gasteiger partial charge in [0.1, 0.15) is 11.8 Å². The van der Waals surface area contributed by atoms with Crippen LogP contribution in [0.3, 0.4) is 0 Å². The van der Waals surface area contributed by atoms with E-state index in [1.807, 2.05) is 49.4 Å². The minimum Gasteiger partial charge on any atom is -0.482 e. The first kappa shape index (κ1) is 24.6. The second-order valence-electron chi connectivity index (χ2n) is 7.47. The highest BCUT2D eigenvalue weighted by Gasteiger charge is 2.31. The van der Waals surface area contributed by atoms with E-state index in [1.54, 1.807) is 36.4 Å². The summed E-state index contributed by atoms with van der Waals surface area (Å²) in [6.45, 7) is 2.44. The Morgan fingerprint density at radius 1 is 0.939 bits per heavy atom. The van der Waals surface area contributed by atoms with Crippen LogP contribution in [-0.2, 0) is 16.1 Å². The standard InChI is InChI=1S/C26H26Cl2N2O3/c1-2-16-29-26(32)25(20-8-4-3-5-9-20)30(17-19-12-14-21(27)15-13-19)24(31)18-33-23-11-7-6-10-22(23)28/h3-15,25H,2,16-18H2,1H3,(H,29,32). The second kappa shape index (κ2) is 12.3. The number of rotatable bonds is 10. The molecular weight excluding hydrogens is 459 g/mol. The fraction of sp³-hybridized carbons (Fsp3) is 0.231. The number of hydrogen-bond acceptors (Lipinski definition) is 3. The van der Waals surface area contributed by atoms with E-state index in [9.17, 15) is 9.59 Å². The van der Waals surface area contributed by atoms with E-state index in [4.69, 9.17) is 27.9 Å². The van der Waals surface area contributed by atoms with Crippen molar-refractivity contribution in [3.05, 3.63) is 100 Å². The zero-order valence-electron chi connectivity index (χ0n) is 18.3. The third kappa shape index (κ3) is 6.98. The van der Waals surface area contributed by atoms with Gasteiger partial charge in [0.2, 0.25) is 5.91 Å². The van der Waals surface area contributed by atoms with E-state index in [2.05, 4.69) is 5.32 Å². The highest BCUT2D eigenvalue weighted by Crippen LogP contribution is 2.26. The molecule has 1 unspecified atom stereocenters. The van der Waals surface area contributed by atoms with Crippen molar-refractivity contribution in [2.75, 3.05) is 13.2 Å². The molecule has 0 spiro atoms. The number of benzene rings is 3. The minimum absolute atomic E-state index is 0.209. The lowest BCUT2D eigenvalue weighted by atomic mass is 10.0. The maximum absolute atomic E-state index is 13.4. The zero-order chi connectivity index (χ0) is 23.6.